The van der Waals surface area contributed by atoms with Crippen molar-refractivity contribution in [3.8, 4) is 0 Å². The van der Waals surface area contributed by atoms with Crippen molar-refractivity contribution in [3.05, 3.63) is 46.5 Å². The molecular formula is C20H25N3O5S. The van der Waals surface area contributed by atoms with E-state index in [1.165, 1.54) is 0 Å². The van der Waals surface area contributed by atoms with Gasteiger partial charge in [0.2, 0.25) is 5.91 Å². The van der Waals surface area contributed by atoms with Gasteiger partial charge >= 0.3 is 5.97 Å². The number of aromatic carboxylic acids is 1. The Balaban J connectivity index is 2.12. The fourth-order valence-electron chi connectivity index (χ4n) is 2.72. The lowest BCUT2D eigenvalue weighted by molar-refractivity contribution is -0.133. The number of aromatic nitrogens is 1. The van der Waals surface area contributed by atoms with Gasteiger partial charge in [0.1, 0.15) is 6.04 Å². The minimum Gasteiger partial charge on any atom is -0.476 e. The molecule has 0 radical (unpaired) electrons. The summed E-state index contributed by atoms with van der Waals surface area (Å²) in [5.74, 6) is -2.41. The van der Waals surface area contributed by atoms with E-state index in [4.69, 9.17) is 0 Å². The maximum absolute atomic E-state index is 12.7. The molecule has 0 aliphatic rings. The number of carbonyl (C=O) groups is 3. The molecule has 0 spiro atoms. The van der Waals surface area contributed by atoms with E-state index in [1.54, 1.807) is 30.3 Å². The Morgan fingerprint density at radius 1 is 1.14 bits per heavy atom. The topological polar surface area (TPSA) is 129 Å². The van der Waals surface area contributed by atoms with Crippen molar-refractivity contribution in [1.29, 1.82) is 0 Å². The predicted molar refractivity (Wildman–Crippen MR) is 110 cm³/mol. The molecule has 0 saturated heterocycles. The fraction of sp³-hybridized carbons (Fsp3) is 0.400. The fourth-order valence-corrected chi connectivity index (χ4v) is 3.68. The number of anilines is 1. The zero-order chi connectivity index (χ0) is 21.6. The van der Waals surface area contributed by atoms with Gasteiger partial charge in [-0.05, 0) is 17.9 Å². The van der Waals surface area contributed by atoms with Crippen LogP contribution in [0, 0.1) is 0 Å². The third-order valence-corrected chi connectivity index (χ3v) is 5.46. The van der Waals surface area contributed by atoms with Crippen molar-refractivity contribution in [2.24, 2.45) is 0 Å². The monoisotopic (exact) mass is 419 g/mol. The maximum atomic E-state index is 12.7. The Hall–Kier alpha value is -2.78. The second kappa shape index (κ2) is 10.1. The molecule has 29 heavy (non-hydrogen) atoms. The zero-order valence-corrected chi connectivity index (χ0v) is 17.3. The lowest BCUT2D eigenvalue weighted by Crippen LogP contribution is -2.45. The predicted octanol–water partition coefficient (Wildman–Crippen LogP) is 2.92. The van der Waals surface area contributed by atoms with E-state index in [9.17, 15) is 24.6 Å². The largest absolute Gasteiger partial charge is 0.476 e. The summed E-state index contributed by atoms with van der Waals surface area (Å²) in [5, 5.41) is 24.8. The van der Waals surface area contributed by atoms with Gasteiger partial charge in [-0.3, -0.25) is 9.59 Å². The van der Waals surface area contributed by atoms with Gasteiger partial charge in [0.15, 0.2) is 16.9 Å². The summed E-state index contributed by atoms with van der Waals surface area (Å²) in [4.78, 5) is 41.0. The molecule has 0 fully saturated rings. The van der Waals surface area contributed by atoms with E-state index in [-0.39, 0.29) is 16.7 Å². The molecule has 1 aromatic carbocycles. The van der Waals surface area contributed by atoms with E-state index >= 15 is 0 Å². The van der Waals surface area contributed by atoms with Crippen LogP contribution < -0.4 is 10.6 Å². The van der Waals surface area contributed by atoms with Crippen LogP contribution in [0.15, 0.2) is 30.3 Å². The first-order valence-corrected chi connectivity index (χ1v) is 10.1. The molecule has 9 heteroatoms. The molecule has 2 amide bonds. The number of carbonyl (C=O) groups excluding carboxylic acids is 2. The highest BCUT2D eigenvalue weighted by molar-refractivity contribution is 7.16. The molecule has 0 saturated carbocycles. The summed E-state index contributed by atoms with van der Waals surface area (Å²) in [6.07, 6.45) is -0.419. The van der Waals surface area contributed by atoms with Crippen LogP contribution in [0.5, 0.6) is 0 Å². The second-order valence-corrected chi connectivity index (χ2v) is 7.87. The number of carboxylic acid groups (broad SMARTS) is 1. The van der Waals surface area contributed by atoms with E-state index in [0.29, 0.717) is 23.3 Å². The molecule has 2 rings (SSSR count). The molecular weight excluding hydrogens is 394 g/mol. The van der Waals surface area contributed by atoms with Gasteiger partial charge in [-0.1, -0.05) is 57.5 Å². The number of amides is 2. The van der Waals surface area contributed by atoms with Crippen LogP contribution >= 0.6 is 11.3 Å². The number of carboxylic acids is 1. The molecule has 1 aromatic heterocycles. The van der Waals surface area contributed by atoms with Crippen LogP contribution in [0.1, 0.15) is 66.6 Å². The number of nitrogens with one attached hydrogen (secondary N) is 2. The van der Waals surface area contributed by atoms with Crippen molar-refractivity contribution in [2.45, 2.75) is 51.7 Å². The van der Waals surface area contributed by atoms with Crippen LogP contribution in [0.3, 0.4) is 0 Å². The average Bonchev–Trinajstić information content (AvgIpc) is 3.12. The number of thiazole rings is 1. The first kappa shape index (κ1) is 22.5. The van der Waals surface area contributed by atoms with Crippen molar-refractivity contribution in [1.82, 2.24) is 10.3 Å². The van der Waals surface area contributed by atoms with Gasteiger partial charge in [0, 0.05) is 4.88 Å². The van der Waals surface area contributed by atoms with Gasteiger partial charge in [-0.15, -0.1) is 11.3 Å². The quantitative estimate of drug-likeness (QED) is 0.495. The number of benzene rings is 1. The Kier molecular flexibility index (Phi) is 7.86. The molecule has 156 valence electrons. The first-order chi connectivity index (χ1) is 13.7. The SMILES string of the molecule is CCC[C@H](NC(=O)[C@@H](O)c1ccccc1)C(=O)Nc1nc(C(=O)O)c(C(C)C)s1. The van der Waals surface area contributed by atoms with Gasteiger partial charge in [-0.2, -0.15) is 0 Å². The van der Waals surface area contributed by atoms with Crippen molar-refractivity contribution in [2.75, 3.05) is 5.32 Å². The number of aliphatic hydroxyl groups excluding tert-OH is 1. The zero-order valence-electron chi connectivity index (χ0n) is 16.5. The summed E-state index contributed by atoms with van der Waals surface area (Å²) in [6.45, 7) is 5.55. The third-order valence-electron chi connectivity index (χ3n) is 4.18. The standard InChI is InChI=1S/C20H25N3O5S/c1-4-8-13(21-18(26)15(24)12-9-6-5-7-10-12)17(25)23-20-22-14(19(27)28)16(29-20)11(2)3/h5-7,9-11,13,15,24H,4,8H2,1-3H3,(H,21,26)(H,27,28)(H,22,23,25)/t13-,15-/m0/s1. The minimum absolute atomic E-state index is 0.0589. The Labute approximate surface area is 173 Å². The van der Waals surface area contributed by atoms with Gasteiger partial charge < -0.3 is 20.8 Å². The first-order valence-electron chi connectivity index (χ1n) is 9.32. The highest BCUT2D eigenvalue weighted by Gasteiger charge is 2.27. The number of rotatable bonds is 9. The smallest absolute Gasteiger partial charge is 0.355 e. The molecule has 0 bridgehead atoms. The Bertz CT molecular complexity index is 866. The summed E-state index contributed by atoms with van der Waals surface area (Å²) >= 11 is 1.10. The molecule has 2 aromatic rings. The lowest BCUT2D eigenvalue weighted by atomic mass is 10.1. The molecule has 0 aliphatic heterocycles. The normalized spacial score (nSPS) is 13.0. The van der Waals surface area contributed by atoms with Crippen LogP contribution in [0.4, 0.5) is 5.13 Å². The Morgan fingerprint density at radius 2 is 1.79 bits per heavy atom. The van der Waals surface area contributed by atoms with Crippen LogP contribution in [-0.2, 0) is 9.59 Å². The van der Waals surface area contributed by atoms with E-state index in [2.05, 4.69) is 15.6 Å². The van der Waals surface area contributed by atoms with Crippen molar-refractivity contribution in [3.63, 3.8) is 0 Å². The van der Waals surface area contributed by atoms with Gasteiger partial charge in [0.05, 0.1) is 0 Å². The summed E-state index contributed by atoms with van der Waals surface area (Å²) < 4.78 is 0. The van der Waals surface area contributed by atoms with Gasteiger partial charge in [0.25, 0.3) is 5.91 Å². The molecule has 4 N–H and O–H groups in total. The lowest BCUT2D eigenvalue weighted by Gasteiger charge is -2.19. The summed E-state index contributed by atoms with van der Waals surface area (Å²) in [5.41, 5.74) is 0.337. The van der Waals surface area contributed by atoms with E-state index < -0.39 is 29.9 Å². The second-order valence-electron chi connectivity index (χ2n) is 6.84. The number of hydrogen-bond donors (Lipinski definition) is 4. The van der Waals surface area contributed by atoms with Crippen LogP contribution in [0.2, 0.25) is 0 Å². The van der Waals surface area contributed by atoms with E-state index in [1.807, 2.05) is 20.8 Å². The highest BCUT2D eigenvalue weighted by atomic mass is 32.1. The average molecular weight is 420 g/mol. The van der Waals surface area contributed by atoms with Gasteiger partial charge in [-0.25, -0.2) is 9.78 Å². The highest BCUT2D eigenvalue weighted by Crippen LogP contribution is 2.30. The molecule has 1 heterocycles. The van der Waals surface area contributed by atoms with Crippen molar-refractivity contribution >= 4 is 34.3 Å². The summed E-state index contributed by atoms with van der Waals surface area (Å²) in [7, 11) is 0. The van der Waals surface area contributed by atoms with Crippen molar-refractivity contribution < 1.29 is 24.6 Å². The molecule has 0 aliphatic carbocycles. The summed E-state index contributed by atoms with van der Waals surface area (Å²) in [6, 6.07) is 7.54. The molecule has 2 atom stereocenters. The number of hydrogen-bond acceptors (Lipinski definition) is 6. The third kappa shape index (κ3) is 5.85. The number of nitrogens with zero attached hydrogens (tertiary/aromatic N) is 1. The molecule has 8 nitrogen and oxygen atoms in total. The van der Waals surface area contributed by atoms with Crippen LogP contribution in [-0.4, -0.2) is 39.0 Å². The minimum atomic E-state index is -1.39. The Morgan fingerprint density at radius 3 is 2.31 bits per heavy atom. The number of aliphatic hydroxyl groups is 1. The molecule has 0 unspecified atom stereocenters. The van der Waals surface area contributed by atoms with Crippen LogP contribution in [0.25, 0.3) is 0 Å². The van der Waals surface area contributed by atoms with E-state index in [0.717, 1.165) is 11.3 Å². The maximum Gasteiger partial charge on any atom is 0.355 e.